The minimum atomic E-state index is -3.71. The topological polar surface area (TPSA) is 107 Å². The Morgan fingerprint density at radius 1 is 1.37 bits per heavy atom. The van der Waals surface area contributed by atoms with Gasteiger partial charge in [-0.05, 0) is 11.1 Å². The van der Waals surface area contributed by atoms with Crippen molar-refractivity contribution in [2.45, 2.75) is 12.6 Å². The molecule has 6 nitrogen and oxygen atoms in total. The maximum Gasteiger partial charge on any atom is 0.320 e. The summed E-state index contributed by atoms with van der Waals surface area (Å²) in [5, 5.41) is 9.84. The normalized spacial score (nSPS) is 13.0. The van der Waals surface area contributed by atoms with Crippen LogP contribution in [0.15, 0.2) is 24.3 Å². The average Bonchev–Trinajstić information content (AvgIpc) is 2.37. The van der Waals surface area contributed by atoms with Gasteiger partial charge in [-0.25, -0.2) is 8.42 Å². The number of aliphatic hydroxyl groups is 1. The van der Waals surface area contributed by atoms with Crippen molar-refractivity contribution in [3.05, 3.63) is 35.4 Å². The second kappa shape index (κ2) is 6.65. The molecule has 3 N–H and O–H groups in total. The van der Waals surface area contributed by atoms with Crippen molar-refractivity contribution in [2.24, 2.45) is 5.73 Å². The number of hydrogen-bond donors (Lipinski definition) is 2. The summed E-state index contributed by atoms with van der Waals surface area (Å²) in [5.74, 6) is -2.10. The summed E-state index contributed by atoms with van der Waals surface area (Å²) in [6, 6.07) is 6.65. The first-order valence-corrected chi connectivity index (χ1v) is 7.44. The van der Waals surface area contributed by atoms with E-state index in [1.807, 2.05) is 0 Å². The molecule has 106 valence electrons. The van der Waals surface area contributed by atoms with E-state index in [4.69, 9.17) is 5.73 Å². The molecular weight excluding hydrogens is 270 g/mol. The molecule has 0 radical (unpaired) electrons. The zero-order valence-electron chi connectivity index (χ0n) is 10.6. The molecule has 0 aliphatic carbocycles. The van der Waals surface area contributed by atoms with Gasteiger partial charge in [0.1, 0.15) is 5.75 Å². The lowest BCUT2D eigenvalue weighted by Gasteiger charge is -2.11. The lowest BCUT2D eigenvalue weighted by atomic mass is 10.1. The molecule has 0 aliphatic rings. The zero-order chi connectivity index (χ0) is 14.5. The lowest BCUT2D eigenvalue weighted by molar-refractivity contribution is -0.137. The molecule has 0 saturated carbocycles. The van der Waals surface area contributed by atoms with Gasteiger partial charge in [0, 0.05) is 6.54 Å². The number of rotatable bonds is 6. The van der Waals surface area contributed by atoms with Crippen molar-refractivity contribution in [1.29, 1.82) is 0 Å². The summed E-state index contributed by atoms with van der Waals surface area (Å²) in [7, 11) is -2.59. The third-order valence-electron chi connectivity index (χ3n) is 2.58. The SMILES string of the molecule is COC(=O)CS(=O)(=O)CC(O)c1ccc(CN)cc1. The van der Waals surface area contributed by atoms with E-state index >= 15 is 0 Å². The third-order valence-corrected chi connectivity index (χ3v) is 4.08. The number of carbonyl (C=O) groups is 1. The van der Waals surface area contributed by atoms with Crippen molar-refractivity contribution in [1.82, 2.24) is 0 Å². The van der Waals surface area contributed by atoms with E-state index in [1.54, 1.807) is 24.3 Å². The molecule has 7 heteroatoms. The third kappa shape index (κ3) is 4.98. The number of ether oxygens (including phenoxy) is 1. The number of hydrogen-bond acceptors (Lipinski definition) is 6. The number of benzene rings is 1. The standard InChI is InChI=1S/C12H17NO5S/c1-18-12(15)8-19(16,17)7-11(14)10-4-2-9(6-13)3-5-10/h2-5,11,14H,6-8,13H2,1H3. The van der Waals surface area contributed by atoms with E-state index in [-0.39, 0.29) is 0 Å². The molecule has 0 amide bonds. The largest absolute Gasteiger partial charge is 0.468 e. The Morgan fingerprint density at radius 2 is 1.95 bits per heavy atom. The van der Waals surface area contributed by atoms with E-state index in [0.717, 1.165) is 12.7 Å². The van der Waals surface area contributed by atoms with Gasteiger partial charge in [0.25, 0.3) is 0 Å². The van der Waals surface area contributed by atoms with Crippen LogP contribution in [0.2, 0.25) is 0 Å². The highest BCUT2D eigenvalue weighted by Crippen LogP contribution is 2.16. The van der Waals surface area contributed by atoms with Crippen LogP contribution in [0.3, 0.4) is 0 Å². The maximum absolute atomic E-state index is 11.6. The molecule has 1 atom stereocenters. The molecule has 0 saturated heterocycles. The van der Waals surface area contributed by atoms with Crippen LogP contribution in [0.5, 0.6) is 0 Å². The highest BCUT2D eigenvalue weighted by molar-refractivity contribution is 7.92. The number of aliphatic hydroxyl groups excluding tert-OH is 1. The summed E-state index contributed by atoms with van der Waals surface area (Å²) in [5.41, 5.74) is 6.78. The monoisotopic (exact) mass is 287 g/mol. The predicted molar refractivity (Wildman–Crippen MR) is 70.0 cm³/mol. The summed E-state index contributed by atoms with van der Waals surface area (Å²) < 4.78 is 27.5. The fourth-order valence-electron chi connectivity index (χ4n) is 1.51. The summed E-state index contributed by atoms with van der Waals surface area (Å²) in [4.78, 5) is 10.9. The van der Waals surface area contributed by atoms with Gasteiger partial charge < -0.3 is 15.6 Å². The number of esters is 1. The van der Waals surface area contributed by atoms with Crippen LogP contribution in [0.4, 0.5) is 0 Å². The van der Waals surface area contributed by atoms with E-state index < -0.39 is 33.4 Å². The van der Waals surface area contributed by atoms with E-state index in [0.29, 0.717) is 12.1 Å². The molecule has 1 rings (SSSR count). The molecule has 0 aliphatic heterocycles. The molecule has 0 heterocycles. The molecular formula is C12H17NO5S. The zero-order valence-corrected chi connectivity index (χ0v) is 11.4. The Morgan fingerprint density at radius 3 is 2.42 bits per heavy atom. The minimum Gasteiger partial charge on any atom is -0.468 e. The highest BCUT2D eigenvalue weighted by Gasteiger charge is 2.22. The van der Waals surface area contributed by atoms with Gasteiger partial charge in [-0.2, -0.15) is 0 Å². The van der Waals surface area contributed by atoms with Crippen LogP contribution >= 0.6 is 0 Å². The van der Waals surface area contributed by atoms with Gasteiger partial charge in [0.05, 0.1) is 19.0 Å². The van der Waals surface area contributed by atoms with E-state index in [9.17, 15) is 18.3 Å². The second-order valence-electron chi connectivity index (χ2n) is 4.09. The average molecular weight is 287 g/mol. The Hall–Kier alpha value is -1.44. The summed E-state index contributed by atoms with van der Waals surface area (Å²) in [6.45, 7) is 0.372. The molecule has 1 aromatic rings. The molecule has 0 spiro atoms. The van der Waals surface area contributed by atoms with Crippen LogP contribution < -0.4 is 5.73 Å². The Kier molecular flexibility index (Phi) is 5.46. The minimum absolute atomic E-state index is 0.372. The summed E-state index contributed by atoms with van der Waals surface area (Å²) in [6.07, 6.45) is -1.18. The predicted octanol–water partition coefficient (Wildman–Crippen LogP) is -0.233. The van der Waals surface area contributed by atoms with Crippen LogP contribution in [-0.2, 0) is 25.9 Å². The van der Waals surface area contributed by atoms with Crippen LogP contribution in [0.1, 0.15) is 17.2 Å². The molecule has 19 heavy (non-hydrogen) atoms. The van der Waals surface area contributed by atoms with Crippen molar-refractivity contribution in [2.75, 3.05) is 18.6 Å². The highest BCUT2D eigenvalue weighted by atomic mass is 32.2. The van der Waals surface area contributed by atoms with Gasteiger partial charge in [-0.15, -0.1) is 0 Å². The second-order valence-corrected chi connectivity index (χ2v) is 6.20. The van der Waals surface area contributed by atoms with Gasteiger partial charge in [-0.1, -0.05) is 24.3 Å². The Bertz CT molecular complexity index is 524. The first-order chi connectivity index (χ1) is 8.88. The Balaban J connectivity index is 2.72. The number of sulfone groups is 1. The van der Waals surface area contributed by atoms with Gasteiger partial charge in [0.15, 0.2) is 9.84 Å². The fourth-order valence-corrected chi connectivity index (χ4v) is 2.78. The smallest absolute Gasteiger partial charge is 0.320 e. The quantitative estimate of drug-likeness (QED) is 0.700. The number of nitrogens with two attached hydrogens (primary N) is 1. The number of carbonyl (C=O) groups excluding carboxylic acids is 1. The van der Waals surface area contributed by atoms with Crippen LogP contribution in [0, 0.1) is 0 Å². The molecule has 0 aromatic heterocycles. The number of methoxy groups -OCH3 is 1. The Labute approximate surface area is 112 Å². The van der Waals surface area contributed by atoms with Crippen molar-refractivity contribution in [3.63, 3.8) is 0 Å². The van der Waals surface area contributed by atoms with Gasteiger partial charge >= 0.3 is 5.97 Å². The molecule has 0 fully saturated rings. The van der Waals surface area contributed by atoms with Crippen molar-refractivity contribution in [3.8, 4) is 0 Å². The summed E-state index contributed by atoms with van der Waals surface area (Å²) >= 11 is 0. The maximum atomic E-state index is 11.6. The van der Waals surface area contributed by atoms with Crippen molar-refractivity contribution < 1.29 is 23.1 Å². The first-order valence-electron chi connectivity index (χ1n) is 5.62. The molecule has 1 unspecified atom stereocenters. The molecule has 0 bridgehead atoms. The van der Waals surface area contributed by atoms with Crippen molar-refractivity contribution >= 4 is 15.8 Å². The van der Waals surface area contributed by atoms with Crippen LogP contribution in [-0.4, -0.2) is 38.1 Å². The van der Waals surface area contributed by atoms with E-state index in [1.165, 1.54) is 0 Å². The lowest BCUT2D eigenvalue weighted by Crippen LogP contribution is -2.23. The van der Waals surface area contributed by atoms with Gasteiger partial charge in [-0.3, -0.25) is 4.79 Å². The van der Waals surface area contributed by atoms with Gasteiger partial charge in [0.2, 0.25) is 0 Å². The molecule has 1 aromatic carbocycles. The van der Waals surface area contributed by atoms with Crippen LogP contribution in [0.25, 0.3) is 0 Å². The first kappa shape index (κ1) is 15.6. The van der Waals surface area contributed by atoms with E-state index in [2.05, 4.69) is 4.74 Å². The fraction of sp³-hybridized carbons (Fsp3) is 0.417.